The van der Waals surface area contributed by atoms with E-state index in [1.807, 2.05) is 0 Å². The van der Waals surface area contributed by atoms with Gasteiger partial charge in [-0.05, 0) is 57.4 Å². The molecule has 0 aromatic carbocycles. The van der Waals surface area contributed by atoms with E-state index in [-0.39, 0.29) is 5.60 Å². The molecular formula is C17H29NO. The average molecular weight is 263 g/mol. The summed E-state index contributed by atoms with van der Waals surface area (Å²) in [5.74, 6) is 0.871. The van der Waals surface area contributed by atoms with Gasteiger partial charge >= 0.3 is 0 Å². The summed E-state index contributed by atoms with van der Waals surface area (Å²) in [4.78, 5) is 0. The van der Waals surface area contributed by atoms with Gasteiger partial charge in [-0.3, -0.25) is 0 Å². The summed E-state index contributed by atoms with van der Waals surface area (Å²) in [7, 11) is 0. The van der Waals surface area contributed by atoms with Crippen molar-refractivity contribution in [3.63, 3.8) is 0 Å². The lowest BCUT2D eigenvalue weighted by Crippen LogP contribution is -2.48. The third-order valence-corrected chi connectivity index (χ3v) is 5.33. The summed E-state index contributed by atoms with van der Waals surface area (Å²) in [6.45, 7) is 2.19. The van der Waals surface area contributed by atoms with Gasteiger partial charge in [-0.2, -0.15) is 0 Å². The summed E-state index contributed by atoms with van der Waals surface area (Å²) in [5, 5.41) is 3.85. The molecule has 1 heterocycles. The van der Waals surface area contributed by atoms with Crippen LogP contribution in [0.3, 0.4) is 0 Å². The largest absolute Gasteiger partial charge is 0.375 e. The van der Waals surface area contributed by atoms with Crippen molar-refractivity contribution in [1.29, 1.82) is 0 Å². The van der Waals surface area contributed by atoms with Gasteiger partial charge in [0.1, 0.15) is 0 Å². The minimum atomic E-state index is 0.251. The molecule has 2 nitrogen and oxygen atoms in total. The molecule has 2 heteroatoms. The molecule has 2 fully saturated rings. The minimum absolute atomic E-state index is 0.251. The molecule has 0 amide bonds. The van der Waals surface area contributed by atoms with Gasteiger partial charge in [0, 0.05) is 12.6 Å². The topological polar surface area (TPSA) is 21.3 Å². The fourth-order valence-electron chi connectivity index (χ4n) is 4.12. The molecule has 0 aromatic heterocycles. The SMILES string of the molecule is C1=CCC(CNC2CCOC3(CCCCC3)C2)CC1. The van der Waals surface area contributed by atoms with Gasteiger partial charge in [-0.1, -0.05) is 31.4 Å². The second-order valence-electron chi connectivity index (χ2n) is 6.84. The highest BCUT2D eigenvalue weighted by molar-refractivity contribution is 4.94. The van der Waals surface area contributed by atoms with Crippen molar-refractivity contribution in [3.05, 3.63) is 12.2 Å². The first kappa shape index (κ1) is 13.6. The molecule has 1 N–H and O–H groups in total. The van der Waals surface area contributed by atoms with Crippen LogP contribution < -0.4 is 5.32 Å². The molecule has 2 atom stereocenters. The van der Waals surface area contributed by atoms with Crippen LogP contribution in [-0.2, 0) is 4.74 Å². The predicted octanol–water partition coefficient (Wildman–Crippen LogP) is 3.81. The summed E-state index contributed by atoms with van der Waals surface area (Å²) < 4.78 is 6.18. The maximum absolute atomic E-state index is 6.18. The highest BCUT2D eigenvalue weighted by Crippen LogP contribution is 2.38. The van der Waals surface area contributed by atoms with E-state index in [0.29, 0.717) is 6.04 Å². The van der Waals surface area contributed by atoms with Crippen LogP contribution in [0.2, 0.25) is 0 Å². The van der Waals surface area contributed by atoms with Crippen molar-refractivity contribution in [3.8, 4) is 0 Å². The Bertz CT molecular complexity index is 301. The molecule has 1 spiro atoms. The van der Waals surface area contributed by atoms with Crippen LogP contribution in [0, 0.1) is 5.92 Å². The molecule has 1 aliphatic heterocycles. The lowest BCUT2D eigenvalue weighted by Gasteiger charge is -2.44. The highest BCUT2D eigenvalue weighted by atomic mass is 16.5. The number of rotatable bonds is 3. The van der Waals surface area contributed by atoms with E-state index in [4.69, 9.17) is 4.74 Å². The van der Waals surface area contributed by atoms with Crippen LogP contribution in [0.15, 0.2) is 12.2 Å². The number of allylic oxidation sites excluding steroid dienone is 2. The molecule has 19 heavy (non-hydrogen) atoms. The Labute approximate surface area is 118 Å². The number of nitrogens with one attached hydrogen (secondary N) is 1. The molecule has 3 rings (SSSR count). The molecule has 3 aliphatic rings. The first-order chi connectivity index (χ1) is 9.36. The molecule has 0 aromatic rings. The summed E-state index contributed by atoms with van der Waals surface area (Å²) in [6, 6.07) is 0.706. The van der Waals surface area contributed by atoms with Crippen molar-refractivity contribution in [1.82, 2.24) is 5.32 Å². The zero-order valence-electron chi connectivity index (χ0n) is 12.2. The lowest BCUT2D eigenvalue weighted by atomic mass is 9.78. The Morgan fingerprint density at radius 1 is 1.11 bits per heavy atom. The maximum Gasteiger partial charge on any atom is 0.0697 e. The third-order valence-electron chi connectivity index (χ3n) is 5.33. The first-order valence-corrected chi connectivity index (χ1v) is 8.39. The van der Waals surface area contributed by atoms with E-state index in [0.717, 1.165) is 12.5 Å². The van der Waals surface area contributed by atoms with E-state index < -0.39 is 0 Å². The van der Waals surface area contributed by atoms with Crippen LogP contribution in [0.1, 0.15) is 64.2 Å². The fraction of sp³-hybridized carbons (Fsp3) is 0.882. The van der Waals surface area contributed by atoms with Crippen molar-refractivity contribution >= 4 is 0 Å². The van der Waals surface area contributed by atoms with Crippen molar-refractivity contribution in [2.75, 3.05) is 13.2 Å². The molecule has 2 aliphatic carbocycles. The van der Waals surface area contributed by atoms with E-state index >= 15 is 0 Å². The van der Waals surface area contributed by atoms with Gasteiger partial charge < -0.3 is 10.1 Å². The van der Waals surface area contributed by atoms with Crippen LogP contribution >= 0.6 is 0 Å². The van der Waals surface area contributed by atoms with Gasteiger partial charge in [0.05, 0.1) is 5.60 Å². The molecule has 2 unspecified atom stereocenters. The zero-order chi connectivity index (χ0) is 13.0. The second-order valence-corrected chi connectivity index (χ2v) is 6.84. The van der Waals surface area contributed by atoms with E-state index in [9.17, 15) is 0 Å². The molecule has 108 valence electrons. The van der Waals surface area contributed by atoms with Crippen molar-refractivity contribution in [2.24, 2.45) is 5.92 Å². The van der Waals surface area contributed by atoms with E-state index in [1.54, 1.807) is 0 Å². The first-order valence-electron chi connectivity index (χ1n) is 8.39. The monoisotopic (exact) mass is 263 g/mol. The lowest BCUT2D eigenvalue weighted by molar-refractivity contribution is -0.109. The van der Waals surface area contributed by atoms with Crippen LogP contribution in [0.5, 0.6) is 0 Å². The maximum atomic E-state index is 6.18. The number of hydrogen-bond donors (Lipinski definition) is 1. The highest BCUT2D eigenvalue weighted by Gasteiger charge is 2.38. The summed E-state index contributed by atoms with van der Waals surface area (Å²) in [5.41, 5.74) is 0.251. The zero-order valence-corrected chi connectivity index (χ0v) is 12.2. The molecule has 0 radical (unpaired) electrons. The quantitative estimate of drug-likeness (QED) is 0.782. The van der Waals surface area contributed by atoms with E-state index in [2.05, 4.69) is 17.5 Å². The third kappa shape index (κ3) is 3.61. The fourth-order valence-corrected chi connectivity index (χ4v) is 4.12. The Morgan fingerprint density at radius 3 is 2.79 bits per heavy atom. The summed E-state index contributed by atoms with van der Waals surface area (Å²) >= 11 is 0. The predicted molar refractivity (Wildman–Crippen MR) is 79.3 cm³/mol. The molecule has 1 saturated heterocycles. The van der Waals surface area contributed by atoms with E-state index in [1.165, 1.54) is 70.8 Å². The van der Waals surface area contributed by atoms with Crippen molar-refractivity contribution in [2.45, 2.75) is 75.9 Å². The van der Waals surface area contributed by atoms with Crippen LogP contribution in [0.4, 0.5) is 0 Å². The Balaban J connectivity index is 1.46. The summed E-state index contributed by atoms with van der Waals surface area (Å²) in [6.07, 6.45) is 17.9. The number of hydrogen-bond acceptors (Lipinski definition) is 2. The Morgan fingerprint density at radius 2 is 2.00 bits per heavy atom. The van der Waals surface area contributed by atoms with Gasteiger partial charge in [0.25, 0.3) is 0 Å². The minimum Gasteiger partial charge on any atom is -0.375 e. The smallest absolute Gasteiger partial charge is 0.0697 e. The van der Waals surface area contributed by atoms with Gasteiger partial charge in [0.2, 0.25) is 0 Å². The van der Waals surface area contributed by atoms with Gasteiger partial charge in [0.15, 0.2) is 0 Å². The molecule has 1 saturated carbocycles. The van der Waals surface area contributed by atoms with Gasteiger partial charge in [-0.15, -0.1) is 0 Å². The second kappa shape index (κ2) is 6.41. The average Bonchev–Trinajstić information content (AvgIpc) is 2.47. The standard InChI is InChI=1S/C17H29NO/c1-3-7-15(8-4-1)14-18-16-9-12-19-17(13-16)10-5-2-6-11-17/h1,3,15-16,18H,2,4-14H2. The molecule has 0 bridgehead atoms. The normalized spacial score (nSPS) is 34.5. The van der Waals surface area contributed by atoms with Crippen LogP contribution in [0.25, 0.3) is 0 Å². The Hall–Kier alpha value is -0.340. The van der Waals surface area contributed by atoms with Crippen LogP contribution in [-0.4, -0.2) is 24.8 Å². The Kier molecular flexibility index (Phi) is 4.60. The van der Waals surface area contributed by atoms with Gasteiger partial charge in [-0.25, -0.2) is 0 Å². The van der Waals surface area contributed by atoms with Crippen molar-refractivity contribution < 1.29 is 4.74 Å². The molecular weight excluding hydrogens is 234 g/mol. The number of ether oxygens (including phenoxy) is 1.